The van der Waals surface area contributed by atoms with Crippen molar-refractivity contribution in [2.45, 2.75) is 0 Å². The fourth-order valence-corrected chi connectivity index (χ4v) is 2.31. The predicted molar refractivity (Wildman–Crippen MR) is 83.1 cm³/mol. The molecule has 0 spiro atoms. The molecule has 0 saturated carbocycles. The molecule has 0 aromatic heterocycles. The van der Waals surface area contributed by atoms with Gasteiger partial charge in [0.05, 0.1) is 10.5 Å². The maximum Gasteiger partial charge on any atom is 0.284 e. The van der Waals surface area contributed by atoms with Crippen molar-refractivity contribution < 1.29 is 9.72 Å². The number of rotatable bonds is 3. The van der Waals surface area contributed by atoms with E-state index in [1.807, 2.05) is 0 Å². The second-order valence-corrected chi connectivity index (χ2v) is 4.87. The smallest absolute Gasteiger partial charge is 0.284 e. The Kier molecular flexibility index (Phi) is 4.36. The predicted octanol–water partition coefficient (Wildman–Crippen LogP) is 3.59. The van der Waals surface area contributed by atoms with Crippen molar-refractivity contribution in [2.75, 3.05) is 5.32 Å². The van der Waals surface area contributed by atoms with Crippen LogP contribution in [-0.2, 0) is 0 Å². The van der Waals surface area contributed by atoms with Gasteiger partial charge in [-0.15, -0.1) is 6.42 Å². The molecule has 0 aliphatic carbocycles. The van der Waals surface area contributed by atoms with E-state index in [1.54, 1.807) is 24.3 Å². The highest BCUT2D eigenvalue weighted by molar-refractivity contribution is 9.10. The molecule has 2 rings (SSSR count). The van der Waals surface area contributed by atoms with Crippen molar-refractivity contribution >= 4 is 33.2 Å². The van der Waals surface area contributed by atoms with Crippen LogP contribution >= 0.6 is 15.9 Å². The van der Waals surface area contributed by atoms with E-state index in [2.05, 4.69) is 27.2 Å². The molecule has 1 amide bonds. The summed E-state index contributed by atoms with van der Waals surface area (Å²) < 4.78 is 0.139. The Balaban J connectivity index is 2.31. The molecule has 0 saturated heterocycles. The van der Waals surface area contributed by atoms with Gasteiger partial charge in [-0.05, 0) is 40.2 Å². The number of benzene rings is 2. The number of halogens is 1. The number of hydrogen-bond donors (Lipinski definition) is 1. The number of nitro groups is 1. The summed E-state index contributed by atoms with van der Waals surface area (Å²) in [4.78, 5) is 22.5. The molecule has 0 aliphatic rings. The van der Waals surface area contributed by atoms with Gasteiger partial charge in [-0.1, -0.05) is 18.1 Å². The highest BCUT2D eigenvalue weighted by Gasteiger charge is 2.19. The summed E-state index contributed by atoms with van der Waals surface area (Å²) in [6.45, 7) is 0. The van der Waals surface area contributed by atoms with Gasteiger partial charge < -0.3 is 5.32 Å². The fraction of sp³-hybridized carbons (Fsp3) is 0. The molecule has 0 atom stereocenters. The Labute approximate surface area is 129 Å². The Morgan fingerprint density at radius 1 is 1.29 bits per heavy atom. The molecule has 0 unspecified atom stereocenters. The maximum atomic E-state index is 12.2. The lowest BCUT2D eigenvalue weighted by Gasteiger charge is -2.07. The van der Waals surface area contributed by atoms with Crippen LogP contribution in [0.1, 0.15) is 15.9 Å². The van der Waals surface area contributed by atoms with E-state index in [4.69, 9.17) is 6.42 Å². The first kappa shape index (κ1) is 14.8. The highest BCUT2D eigenvalue weighted by atomic mass is 79.9. The van der Waals surface area contributed by atoms with Gasteiger partial charge in [0.25, 0.3) is 11.6 Å². The zero-order chi connectivity index (χ0) is 15.4. The number of carbonyl (C=O) groups is 1. The minimum atomic E-state index is -0.556. The summed E-state index contributed by atoms with van der Waals surface area (Å²) >= 11 is 3.09. The van der Waals surface area contributed by atoms with Crippen molar-refractivity contribution in [2.24, 2.45) is 0 Å². The van der Waals surface area contributed by atoms with Crippen LogP contribution in [0.15, 0.2) is 46.9 Å². The number of hydrogen-bond acceptors (Lipinski definition) is 3. The topological polar surface area (TPSA) is 72.2 Å². The summed E-state index contributed by atoms with van der Waals surface area (Å²) in [6.07, 6.45) is 5.29. The molecule has 0 bridgehead atoms. The van der Waals surface area contributed by atoms with E-state index in [-0.39, 0.29) is 15.7 Å². The standard InChI is InChI=1S/C15H9BrN2O3/c1-2-10-5-3-6-11(9-10)17-15(19)12-7-4-8-13(14(12)16)18(20)21/h1,3-9H,(H,17,19). The lowest BCUT2D eigenvalue weighted by molar-refractivity contribution is -0.385. The lowest BCUT2D eigenvalue weighted by Crippen LogP contribution is -2.13. The molecular formula is C15H9BrN2O3. The van der Waals surface area contributed by atoms with E-state index in [0.717, 1.165) is 0 Å². The van der Waals surface area contributed by atoms with Crippen LogP contribution in [0.2, 0.25) is 0 Å². The normalized spacial score (nSPS) is 9.71. The Morgan fingerprint density at radius 3 is 2.67 bits per heavy atom. The lowest BCUT2D eigenvalue weighted by atomic mass is 10.1. The van der Waals surface area contributed by atoms with Crippen LogP contribution in [0, 0.1) is 22.5 Å². The zero-order valence-electron chi connectivity index (χ0n) is 10.7. The highest BCUT2D eigenvalue weighted by Crippen LogP contribution is 2.28. The summed E-state index contributed by atoms with van der Waals surface area (Å²) in [7, 11) is 0. The minimum Gasteiger partial charge on any atom is -0.322 e. The number of anilines is 1. The molecular weight excluding hydrogens is 336 g/mol. The Bertz CT molecular complexity index is 766. The quantitative estimate of drug-likeness (QED) is 0.525. The van der Waals surface area contributed by atoms with Crippen molar-refractivity contribution in [3.63, 3.8) is 0 Å². The second kappa shape index (κ2) is 6.20. The second-order valence-electron chi connectivity index (χ2n) is 4.08. The largest absolute Gasteiger partial charge is 0.322 e. The molecule has 21 heavy (non-hydrogen) atoms. The first-order valence-electron chi connectivity index (χ1n) is 5.84. The van der Waals surface area contributed by atoms with E-state index < -0.39 is 10.8 Å². The number of carbonyl (C=O) groups excluding carboxylic acids is 1. The van der Waals surface area contributed by atoms with E-state index in [0.29, 0.717) is 11.3 Å². The SMILES string of the molecule is C#Cc1cccc(NC(=O)c2cccc([N+](=O)[O-])c2Br)c1. The van der Waals surface area contributed by atoms with Crippen molar-refractivity contribution in [1.29, 1.82) is 0 Å². The van der Waals surface area contributed by atoms with Gasteiger partial charge in [-0.25, -0.2) is 0 Å². The van der Waals surface area contributed by atoms with Gasteiger partial charge in [-0.2, -0.15) is 0 Å². The van der Waals surface area contributed by atoms with E-state index in [9.17, 15) is 14.9 Å². The summed E-state index contributed by atoms with van der Waals surface area (Å²) in [5, 5.41) is 13.5. The Morgan fingerprint density at radius 2 is 2.00 bits per heavy atom. The molecule has 2 aromatic rings. The number of terminal acetylenes is 1. The fourth-order valence-electron chi connectivity index (χ4n) is 1.72. The van der Waals surface area contributed by atoms with Crippen molar-refractivity contribution in [3.8, 4) is 12.3 Å². The minimum absolute atomic E-state index is 0.139. The van der Waals surface area contributed by atoms with Crippen LogP contribution in [0.4, 0.5) is 11.4 Å². The molecule has 2 aromatic carbocycles. The van der Waals surface area contributed by atoms with Gasteiger partial charge >= 0.3 is 0 Å². The molecule has 5 nitrogen and oxygen atoms in total. The molecule has 0 fully saturated rings. The van der Waals surface area contributed by atoms with Gasteiger partial charge in [0.2, 0.25) is 0 Å². The molecule has 0 aliphatic heterocycles. The average Bonchev–Trinajstić information content (AvgIpc) is 2.47. The van der Waals surface area contributed by atoms with Crippen LogP contribution in [0.25, 0.3) is 0 Å². The van der Waals surface area contributed by atoms with Crippen LogP contribution in [0.5, 0.6) is 0 Å². The summed E-state index contributed by atoms with van der Waals surface area (Å²) in [5.41, 5.74) is 1.16. The number of nitro benzene ring substituents is 1. The van der Waals surface area contributed by atoms with Gasteiger partial charge in [0, 0.05) is 17.3 Å². The third-order valence-corrected chi connectivity index (χ3v) is 3.54. The van der Waals surface area contributed by atoms with Crippen LogP contribution in [0.3, 0.4) is 0 Å². The molecule has 0 heterocycles. The van der Waals surface area contributed by atoms with Gasteiger partial charge in [0.1, 0.15) is 4.47 Å². The van der Waals surface area contributed by atoms with Crippen LogP contribution in [-0.4, -0.2) is 10.8 Å². The summed E-state index contributed by atoms with van der Waals surface area (Å²) in [5.74, 6) is 2.01. The maximum absolute atomic E-state index is 12.2. The third kappa shape index (κ3) is 3.27. The first-order chi connectivity index (χ1) is 10.0. The molecule has 6 heteroatoms. The number of nitrogens with one attached hydrogen (secondary N) is 1. The molecule has 104 valence electrons. The molecule has 0 radical (unpaired) electrons. The van der Waals surface area contributed by atoms with Gasteiger partial charge in [0.15, 0.2) is 0 Å². The zero-order valence-corrected chi connectivity index (χ0v) is 12.3. The first-order valence-corrected chi connectivity index (χ1v) is 6.63. The van der Waals surface area contributed by atoms with E-state index in [1.165, 1.54) is 18.2 Å². The van der Waals surface area contributed by atoms with E-state index >= 15 is 0 Å². The number of nitrogens with zero attached hydrogens (tertiary/aromatic N) is 1. The van der Waals surface area contributed by atoms with Crippen molar-refractivity contribution in [1.82, 2.24) is 0 Å². The monoisotopic (exact) mass is 344 g/mol. The molecule has 1 N–H and O–H groups in total. The van der Waals surface area contributed by atoms with Crippen molar-refractivity contribution in [3.05, 3.63) is 68.2 Å². The third-order valence-electron chi connectivity index (χ3n) is 2.71. The summed E-state index contributed by atoms with van der Waals surface area (Å²) in [6, 6.07) is 11.0. The van der Waals surface area contributed by atoms with Crippen LogP contribution < -0.4 is 5.32 Å². The number of amides is 1. The average molecular weight is 345 g/mol. The van der Waals surface area contributed by atoms with Gasteiger partial charge in [-0.3, -0.25) is 14.9 Å². The Hall–Kier alpha value is -2.65.